The Morgan fingerprint density at radius 3 is 2.15 bits per heavy atom. The third-order valence-corrected chi connectivity index (χ3v) is 4.97. The fourth-order valence-corrected chi connectivity index (χ4v) is 3.33. The van der Waals surface area contributed by atoms with Crippen molar-refractivity contribution in [3.8, 4) is 28.7 Å². The van der Waals surface area contributed by atoms with Gasteiger partial charge in [0.05, 0.1) is 5.56 Å². The molecule has 0 N–H and O–H groups in total. The van der Waals surface area contributed by atoms with Crippen molar-refractivity contribution in [3.63, 3.8) is 0 Å². The van der Waals surface area contributed by atoms with Crippen LogP contribution in [0.25, 0.3) is 11.1 Å². The molecule has 1 radical (unpaired) electrons. The highest BCUT2D eigenvalue weighted by Crippen LogP contribution is 2.43. The number of aryl methyl sites for hydroxylation is 1. The zero-order chi connectivity index (χ0) is 25.2. The summed E-state index contributed by atoms with van der Waals surface area (Å²) in [5, 5.41) is 20.8. The van der Waals surface area contributed by atoms with Crippen molar-refractivity contribution in [2.24, 2.45) is 0 Å². The van der Waals surface area contributed by atoms with Crippen LogP contribution in [0.4, 0.5) is 30.7 Å². The molecule has 0 bridgehead atoms. The van der Waals surface area contributed by atoms with Crippen molar-refractivity contribution >= 4 is 0 Å². The molecule has 0 aliphatic heterocycles. The molecule has 3 rings (SSSR count). The molecule has 0 amide bonds. The topological polar surface area (TPSA) is 52.9 Å². The van der Waals surface area contributed by atoms with Crippen molar-refractivity contribution in [2.45, 2.75) is 32.3 Å². The van der Waals surface area contributed by atoms with Crippen LogP contribution < -0.4 is 4.74 Å². The zero-order valence-corrected chi connectivity index (χ0v) is 17.5. The average Bonchev–Trinajstić information content (AvgIpc) is 2.72. The van der Waals surface area contributed by atoms with Crippen LogP contribution in [0, 0.1) is 40.4 Å². The molecular weight excluding hydrogens is 467 g/mol. The normalized spacial score (nSPS) is 11.4. The highest BCUT2D eigenvalue weighted by Gasteiger charge is 2.43. The quantitative estimate of drug-likeness (QED) is 0.327. The molecule has 0 atom stereocenters. The van der Waals surface area contributed by atoms with Gasteiger partial charge in [-0.25, -0.2) is 22.0 Å². The van der Waals surface area contributed by atoms with E-state index in [2.05, 4.69) is 4.74 Å². The predicted molar refractivity (Wildman–Crippen MR) is 106 cm³/mol. The third kappa shape index (κ3) is 4.78. The van der Waals surface area contributed by atoms with Crippen LogP contribution >= 0.6 is 0 Å². The predicted octanol–water partition coefficient (Wildman–Crippen LogP) is 7.54. The summed E-state index contributed by atoms with van der Waals surface area (Å²) >= 11 is 0. The van der Waals surface area contributed by atoms with Crippen molar-refractivity contribution in [1.82, 2.24) is 0 Å². The summed E-state index contributed by atoms with van der Waals surface area (Å²) in [5.74, 6) is -10.9. The Labute approximate surface area is 189 Å². The molecule has 0 fully saturated rings. The number of ether oxygens (including phenoxy) is 1. The van der Waals surface area contributed by atoms with Crippen LogP contribution in [0.2, 0.25) is 0 Å². The van der Waals surface area contributed by atoms with Crippen LogP contribution in [0.1, 0.15) is 36.5 Å². The zero-order valence-electron chi connectivity index (χ0n) is 17.5. The summed E-state index contributed by atoms with van der Waals surface area (Å²) < 4.78 is 105. The summed E-state index contributed by atoms with van der Waals surface area (Å²) in [6, 6.07) is 5.08. The Hall–Kier alpha value is -3.74. The van der Waals surface area contributed by atoms with Crippen LogP contribution in [0.5, 0.6) is 11.5 Å². The van der Waals surface area contributed by atoms with Gasteiger partial charge in [-0.05, 0) is 24.5 Å². The van der Waals surface area contributed by atoms with Gasteiger partial charge in [0.2, 0.25) is 0 Å². The molecule has 0 aromatic heterocycles. The maximum Gasteiger partial charge on any atom is 0.432 e. The molecule has 10 heteroatoms. The molecule has 0 unspecified atom stereocenters. The Kier molecular flexibility index (Phi) is 7.05. The van der Waals surface area contributed by atoms with Crippen LogP contribution in [-0.4, -0.2) is 0 Å². The Bertz CT molecular complexity index is 1260. The molecule has 177 valence electrons. The fourth-order valence-electron chi connectivity index (χ4n) is 3.33. The largest absolute Gasteiger partial charge is 0.432 e. The summed E-state index contributed by atoms with van der Waals surface area (Å²) in [6.45, 7) is 1.91. The summed E-state index contributed by atoms with van der Waals surface area (Å²) in [4.78, 5) is 0. The second-order valence-electron chi connectivity index (χ2n) is 7.33. The number of nitrogens with zero attached hydrogens (tertiary/aromatic N) is 1. The first-order chi connectivity index (χ1) is 16.0. The number of nitriles is 1. The number of halogens is 7. The average molecular weight is 482 g/mol. The lowest BCUT2D eigenvalue weighted by Gasteiger charge is -2.21. The first-order valence-corrected chi connectivity index (χ1v) is 9.94. The van der Waals surface area contributed by atoms with Gasteiger partial charge < -0.3 is 4.74 Å². The first-order valence-electron chi connectivity index (χ1n) is 9.94. The van der Waals surface area contributed by atoms with E-state index in [1.165, 1.54) is 12.1 Å². The second kappa shape index (κ2) is 9.63. The molecule has 0 saturated carbocycles. The van der Waals surface area contributed by atoms with Crippen molar-refractivity contribution in [3.05, 3.63) is 82.2 Å². The summed E-state index contributed by atoms with van der Waals surface area (Å²) in [6.07, 6.45) is -2.85. The van der Waals surface area contributed by atoms with E-state index in [1.54, 1.807) is 0 Å². The fraction of sp³-hybridized carbons (Fsp3) is 0.208. The van der Waals surface area contributed by atoms with Gasteiger partial charge in [0.1, 0.15) is 46.2 Å². The van der Waals surface area contributed by atoms with Gasteiger partial charge in [-0.3, -0.25) is 5.11 Å². The molecule has 3 nitrogen and oxygen atoms in total. The van der Waals surface area contributed by atoms with E-state index in [1.807, 2.05) is 6.92 Å². The van der Waals surface area contributed by atoms with Crippen LogP contribution in [0.3, 0.4) is 0 Å². The number of hydrogen-bond acceptors (Lipinski definition) is 2. The molecule has 0 heterocycles. The SMILES string of the molecule is CCCCc1ccc(-c2c([O])cc(F)c(C(F)(F)Oc3cc(F)c(C#N)c(F)c3)c2F)c(F)c1. The molecule has 0 aliphatic carbocycles. The maximum atomic E-state index is 15.1. The summed E-state index contributed by atoms with van der Waals surface area (Å²) in [5.41, 5.74) is -4.44. The monoisotopic (exact) mass is 482 g/mol. The van der Waals surface area contributed by atoms with Gasteiger partial charge in [0, 0.05) is 23.8 Å². The van der Waals surface area contributed by atoms with Crippen LogP contribution in [0.15, 0.2) is 36.4 Å². The number of benzene rings is 3. The highest BCUT2D eigenvalue weighted by molar-refractivity contribution is 5.72. The molecule has 3 aromatic carbocycles. The number of unbranched alkanes of at least 4 members (excludes halogenated alkanes) is 1. The van der Waals surface area contributed by atoms with E-state index in [4.69, 9.17) is 5.26 Å². The van der Waals surface area contributed by atoms with Gasteiger partial charge in [0.15, 0.2) is 11.6 Å². The number of rotatable bonds is 7. The van der Waals surface area contributed by atoms with Crippen LogP contribution in [-0.2, 0) is 17.6 Å². The standard InChI is InChI=1S/C24H15F7NO2/c1-2-3-4-12-5-6-14(16(25)7-12)21-20(33)10-19(28)22(23(21)29)24(30,31)34-13-8-17(26)15(11-32)18(27)9-13/h5-10H,2-4H2,1H3. The second-order valence-corrected chi connectivity index (χ2v) is 7.33. The van der Waals surface area contributed by atoms with Crippen molar-refractivity contribution in [1.29, 1.82) is 5.26 Å². The van der Waals surface area contributed by atoms with E-state index in [9.17, 15) is 31.4 Å². The lowest BCUT2D eigenvalue weighted by molar-refractivity contribution is -0.189. The van der Waals surface area contributed by atoms with Gasteiger partial charge in [0.25, 0.3) is 0 Å². The smallest absolute Gasteiger partial charge is 0.429 e. The molecule has 34 heavy (non-hydrogen) atoms. The van der Waals surface area contributed by atoms with Gasteiger partial charge >= 0.3 is 6.11 Å². The highest BCUT2D eigenvalue weighted by atomic mass is 19.3. The minimum atomic E-state index is -4.87. The van der Waals surface area contributed by atoms with Crippen molar-refractivity contribution < 1.29 is 40.6 Å². The maximum absolute atomic E-state index is 15.1. The van der Waals surface area contributed by atoms with Crippen molar-refractivity contribution in [2.75, 3.05) is 0 Å². The van der Waals surface area contributed by atoms with E-state index < -0.39 is 68.9 Å². The molecule has 0 saturated heterocycles. The minimum absolute atomic E-state index is 0.0371. The number of alkyl halides is 2. The molecule has 3 aromatic rings. The van der Waals surface area contributed by atoms with E-state index in [-0.39, 0.29) is 18.2 Å². The Morgan fingerprint density at radius 2 is 1.59 bits per heavy atom. The van der Waals surface area contributed by atoms with E-state index in [0.717, 1.165) is 25.0 Å². The molecule has 0 spiro atoms. The molecular formula is C24H15F7NO2. The summed E-state index contributed by atoms with van der Waals surface area (Å²) in [7, 11) is 0. The Morgan fingerprint density at radius 1 is 0.941 bits per heavy atom. The lowest BCUT2D eigenvalue weighted by atomic mass is 9.97. The third-order valence-electron chi connectivity index (χ3n) is 4.97. The lowest BCUT2D eigenvalue weighted by Crippen LogP contribution is -2.25. The number of hydrogen-bond donors (Lipinski definition) is 0. The van der Waals surface area contributed by atoms with E-state index >= 15 is 4.39 Å². The van der Waals surface area contributed by atoms with E-state index in [0.29, 0.717) is 12.0 Å². The first kappa shape index (κ1) is 24.9. The van der Waals surface area contributed by atoms with Gasteiger partial charge in [-0.2, -0.15) is 14.0 Å². The molecule has 0 aliphatic rings. The van der Waals surface area contributed by atoms with Gasteiger partial charge in [-0.1, -0.05) is 25.5 Å². The van der Waals surface area contributed by atoms with Gasteiger partial charge in [-0.15, -0.1) is 0 Å². The Balaban J connectivity index is 2.08. The minimum Gasteiger partial charge on any atom is -0.429 e.